The van der Waals surface area contributed by atoms with E-state index < -0.39 is 0 Å². The Bertz CT molecular complexity index is 557. The van der Waals surface area contributed by atoms with Crippen molar-refractivity contribution in [3.8, 4) is 0 Å². The number of nitrogens with two attached hydrogens (primary N) is 1. The van der Waals surface area contributed by atoms with Gasteiger partial charge < -0.3 is 15.2 Å². The van der Waals surface area contributed by atoms with Gasteiger partial charge in [0.05, 0.1) is 0 Å². The molecule has 0 saturated carbocycles. The summed E-state index contributed by atoms with van der Waals surface area (Å²) in [5.74, 6) is 1.29. The standard InChI is InChI=1S/C18H23NO2.C2H6/c1-12-5-3-6-13(2)18(12)14-7-4-8-16-17(9-14)21-15(10-19)11-20-16;1-2/h3-8,14-15,17H,9-11,19H2,1-2H3;1-2H3. The summed E-state index contributed by atoms with van der Waals surface area (Å²) in [5.41, 5.74) is 9.79. The molecule has 0 spiro atoms. The van der Waals surface area contributed by atoms with E-state index in [1.54, 1.807) is 0 Å². The van der Waals surface area contributed by atoms with Crippen molar-refractivity contribution in [2.45, 2.75) is 52.2 Å². The van der Waals surface area contributed by atoms with Gasteiger partial charge in [-0.3, -0.25) is 0 Å². The second-order valence-electron chi connectivity index (χ2n) is 5.90. The lowest BCUT2D eigenvalue weighted by molar-refractivity contribution is -0.0968. The van der Waals surface area contributed by atoms with Crippen LogP contribution in [0.1, 0.15) is 42.9 Å². The molecule has 3 heteroatoms. The van der Waals surface area contributed by atoms with E-state index in [0.717, 1.165) is 12.2 Å². The number of fused-ring (bicyclic) bond motifs is 1. The van der Waals surface area contributed by atoms with Crippen LogP contribution in [0.5, 0.6) is 0 Å². The third kappa shape index (κ3) is 4.04. The second kappa shape index (κ2) is 8.32. The van der Waals surface area contributed by atoms with Gasteiger partial charge in [0, 0.05) is 12.5 Å². The van der Waals surface area contributed by atoms with Gasteiger partial charge in [0.2, 0.25) is 0 Å². The quantitative estimate of drug-likeness (QED) is 0.897. The molecule has 0 amide bonds. The SMILES string of the molecule is CC.Cc1cccc(C)c1C1C=CC=C2OCC(CN)OC2C1. The van der Waals surface area contributed by atoms with E-state index in [9.17, 15) is 0 Å². The zero-order valence-electron chi connectivity index (χ0n) is 14.7. The van der Waals surface area contributed by atoms with Crippen LogP contribution in [-0.2, 0) is 9.47 Å². The van der Waals surface area contributed by atoms with Gasteiger partial charge >= 0.3 is 0 Å². The average molecular weight is 315 g/mol. The lowest BCUT2D eigenvalue weighted by Crippen LogP contribution is -2.39. The fourth-order valence-corrected chi connectivity index (χ4v) is 3.29. The highest BCUT2D eigenvalue weighted by molar-refractivity contribution is 5.40. The fourth-order valence-electron chi connectivity index (χ4n) is 3.29. The zero-order valence-corrected chi connectivity index (χ0v) is 14.7. The molecule has 1 fully saturated rings. The number of hydrogen-bond donors (Lipinski definition) is 1. The smallest absolute Gasteiger partial charge is 0.125 e. The van der Waals surface area contributed by atoms with Crippen molar-refractivity contribution in [3.63, 3.8) is 0 Å². The molecule has 1 saturated heterocycles. The summed E-state index contributed by atoms with van der Waals surface area (Å²) in [6.45, 7) is 9.42. The fraction of sp³-hybridized carbons (Fsp3) is 0.500. The molecule has 1 aliphatic carbocycles. The highest BCUT2D eigenvalue weighted by atomic mass is 16.6. The molecule has 2 aliphatic rings. The summed E-state index contributed by atoms with van der Waals surface area (Å²) < 4.78 is 11.9. The molecule has 0 bridgehead atoms. The van der Waals surface area contributed by atoms with Crippen LogP contribution in [0.25, 0.3) is 0 Å². The van der Waals surface area contributed by atoms with E-state index >= 15 is 0 Å². The van der Waals surface area contributed by atoms with Crippen molar-refractivity contribution < 1.29 is 9.47 Å². The number of ether oxygens (including phenoxy) is 2. The van der Waals surface area contributed by atoms with Crippen molar-refractivity contribution in [1.82, 2.24) is 0 Å². The molecule has 1 aliphatic heterocycles. The minimum atomic E-state index is 0.00358. The molecule has 1 heterocycles. The highest BCUT2D eigenvalue weighted by Crippen LogP contribution is 2.35. The van der Waals surface area contributed by atoms with Gasteiger partial charge in [-0.05, 0) is 43.0 Å². The molecule has 2 N–H and O–H groups in total. The molecule has 1 aromatic rings. The number of rotatable bonds is 2. The monoisotopic (exact) mass is 315 g/mol. The minimum Gasteiger partial charge on any atom is -0.492 e. The van der Waals surface area contributed by atoms with Gasteiger partial charge in [-0.15, -0.1) is 0 Å². The Kier molecular flexibility index (Phi) is 6.43. The minimum absolute atomic E-state index is 0.00358. The summed E-state index contributed by atoms with van der Waals surface area (Å²) in [6.07, 6.45) is 7.30. The molecule has 126 valence electrons. The van der Waals surface area contributed by atoms with E-state index in [1.807, 2.05) is 19.9 Å². The molecule has 3 rings (SSSR count). The maximum absolute atomic E-state index is 6.09. The summed E-state index contributed by atoms with van der Waals surface area (Å²) in [4.78, 5) is 0. The van der Waals surface area contributed by atoms with Crippen molar-refractivity contribution in [2.24, 2.45) is 5.73 Å². The maximum Gasteiger partial charge on any atom is 0.125 e. The van der Waals surface area contributed by atoms with Crippen molar-refractivity contribution in [1.29, 1.82) is 0 Å². The third-order valence-electron chi connectivity index (χ3n) is 4.36. The Balaban J connectivity index is 0.000000924. The first-order chi connectivity index (χ1) is 11.2. The van der Waals surface area contributed by atoms with Gasteiger partial charge in [-0.2, -0.15) is 0 Å². The van der Waals surface area contributed by atoms with Crippen molar-refractivity contribution >= 4 is 0 Å². The molecule has 0 aromatic heterocycles. The van der Waals surface area contributed by atoms with E-state index in [2.05, 4.69) is 44.2 Å². The van der Waals surface area contributed by atoms with E-state index in [1.165, 1.54) is 16.7 Å². The van der Waals surface area contributed by atoms with Gasteiger partial charge in [-0.25, -0.2) is 0 Å². The molecule has 1 aromatic carbocycles. The summed E-state index contributed by atoms with van der Waals surface area (Å²) in [5, 5.41) is 0. The average Bonchev–Trinajstić information content (AvgIpc) is 2.78. The number of aryl methyl sites for hydroxylation is 2. The molecule has 3 unspecified atom stereocenters. The van der Waals surface area contributed by atoms with Gasteiger partial charge in [0.25, 0.3) is 0 Å². The van der Waals surface area contributed by atoms with Crippen LogP contribution in [-0.4, -0.2) is 25.4 Å². The summed E-state index contributed by atoms with van der Waals surface area (Å²) >= 11 is 0. The Labute approximate surface area is 140 Å². The van der Waals surface area contributed by atoms with Crippen LogP contribution in [0, 0.1) is 13.8 Å². The third-order valence-corrected chi connectivity index (χ3v) is 4.36. The van der Waals surface area contributed by atoms with Crippen LogP contribution in [0.2, 0.25) is 0 Å². The van der Waals surface area contributed by atoms with Crippen LogP contribution in [0.4, 0.5) is 0 Å². The van der Waals surface area contributed by atoms with Gasteiger partial charge in [-0.1, -0.05) is 44.2 Å². The predicted octanol–water partition coefficient (Wildman–Crippen LogP) is 4.00. The first-order valence-electron chi connectivity index (χ1n) is 8.62. The summed E-state index contributed by atoms with van der Waals surface area (Å²) in [6, 6.07) is 6.47. The molecule has 0 radical (unpaired) electrons. The Morgan fingerprint density at radius 1 is 1.17 bits per heavy atom. The lowest BCUT2D eigenvalue weighted by Gasteiger charge is -2.33. The highest BCUT2D eigenvalue weighted by Gasteiger charge is 2.31. The molecule has 3 nitrogen and oxygen atoms in total. The summed E-state index contributed by atoms with van der Waals surface area (Å²) in [7, 11) is 0. The number of allylic oxidation sites excluding steroid dienone is 3. The van der Waals surface area contributed by atoms with E-state index in [0.29, 0.717) is 19.1 Å². The maximum atomic E-state index is 6.09. The molecule has 3 atom stereocenters. The first-order valence-corrected chi connectivity index (χ1v) is 8.62. The Hall–Kier alpha value is -1.58. The second-order valence-corrected chi connectivity index (χ2v) is 5.90. The van der Waals surface area contributed by atoms with Crippen LogP contribution in [0.3, 0.4) is 0 Å². The Morgan fingerprint density at radius 3 is 2.52 bits per heavy atom. The van der Waals surface area contributed by atoms with Crippen LogP contribution < -0.4 is 5.73 Å². The lowest BCUT2D eigenvalue weighted by atomic mass is 9.87. The zero-order chi connectivity index (χ0) is 16.8. The Morgan fingerprint density at radius 2 is 1.87 bits per heavy atom. The first kappa shape index (κ1) is 17.8. The van der Waals surface area contributed by atoms with Crippen molar-refractivity contribution in [3.05, 3.63) is 58.9 Å². The molecule has 23 heavy (non-hydrogen) atoms. The van der Waals surface area contributed by atoms with Crippen LogP contribution >= 0.6 is 0 Å². The van der Waals surface area contributed by atoms with E-state index in [-0.39, 0.29) is 12.2 Å². The topological polar surface area (TPSA) is 44.5 Å². The normalized spacial score (nSPS) is 26.1. The van der Waals surface area contributed by atoms with E-state index in [4.69, 9.17) is 15.2 Å². The van der Waals surface area contributed by atoms with Crippen molar-refractivity contribution in [2.75, 3.05) is 13.2 Å². The largest absolute Gasteiger partial charge is 0.492 e. The van der Waals surface area contributed by atoms with Crippen LogP contribution in [0.15, 0.2) is 42.2 Å². The predicted molar refractivity (Wildman–Crippen MR) is 95.5 cm³/mol. The van der Waals surface area contributed by atoms with Gasteiger partial charge in [0.15, 0.2) is 0 Å². The number of hydrogen-bond acceptors (Lipinski definition) is 3. The molecular weight excluding hydrogens is 286 g/mol. The molecular formula is C20H29NO2. The number of benzene rings is 1. The van der Waals surface area contributed by atoms with Gasteiger partial charge in [0.1, 0.15) is 24.6 Å².